The van der Waals surface area contributed by atoms with Crippen LogP contribution in [0.2, 0.25) is 0 Å². The minimum absolute atomic E-state index is 0.110. The van der Waals surface area contributed by atoms with Gasteiger partial charge in [0.1, 0.15) is 0 Å². The molecule has 0 aliphatic carbocycles. The van der Waals surface area contributed by atoms with Gasteiger partial charge in [-0.25, -0.2) is 0 Å². The van der Waals surface area contributed by atoms with Crippen LogP contribution in [-0.4, -0.2) is 22.7 Å². The van der Waals surface area contributed by atoms with Gasteiger partial charge in [-0.15, -0.1) is 0 Å². The Hall–Kier alpha value is -3.67. The zero-order chi connectivity index (χ0) is 20.1. The number of carbonyl (C=O) groups is 2. The number of rotatable bonds is 5. The minimum Gasteiger partial charge on any atom is -0.326 e. The maximum Gasteiger partial charge on any atom is 0.270 e. The number of aliphatic imine (C=N–C) groups is 1. The second-order valence-electron chi connectivity index (χ2n) is 6.46. The molecule has 0 fully saturated rings. The Balaban J connectivity index is 1.75. The Morgan fingerprint density at radius 3 is 2.32 bits per heavy atom. The van der Waals surface area contributed by atoms with Gasteiger partial charge in [-0.2, -0.15) is 0 Å². The van der Waals surface area contributed by atoms with Crippen molar-refractivity contribution >= 4 is 29.4 Å². The molecule has 0 aliphatic heterocycles. The lowest BCUT2D eigenvalue weighted by Crippen LogP contribution is -2.24. The van der Waals surface area contributed by atoms with Crippen molar-refractivity contribution in [3.63, 3.8) is 0 Å². The van der Waals surface area contributed by atoms with E-state index in [1.807, 2.05) is 50.2 Å². The maximum atomic E-state index is 12.4. The third-order valence-corrected chi connectivity index (χ3v) is 4.26. The summed E-state index contributed by atoms with van der Waals surface area (Å²) in [4.78, 5) is 28.0. The second kappa shape index (κ2) is 8.35. The number of nitrogens with zero attached hydrogens (tertiary/aromatic N) is 2. The molecule has 0 bridgehead atoms. The third kappa shape index (κ3) is 4.54. The lowest BCUT2D eigenvalue weighted by Gasteiger charge is -2.11. The van der Waals surface area contributed by atoms with Gasteiger partial charge in [-0.3, -0.25) is 24.7 Å². The first-order valence-corrected chi connectivity index (χ1v) is 8.91. The van der Waals surface area contributed by atoms with E-state index >= 15 is 0 Å². The monoisotopic (exact) mass is 374 g/mol. The van der Waals surface area contributed by atoms with E-state index in [1.165, 1.54) is 6.92 Å². The van der Waals surface area contributed by atoms with Gasteiger partial charge in [0.05, 0.1) is 5.69 Å². The molecule has 28 heavy (non-hydrogen) atoms. The summed E-state index contributed by atoms with van der Waals surface area (Å²) in [6.07, 6.45) is 1.76. The summed E-state index contributed by atoms with van der Waals surface area (Å²) >= 11 is 0. The Labute approximate surface area is 163 Å². The fourth-order valence-corrected chi connectivity index (χ4v) is 2.82. The van der Waals surface area contributed by atoms with Crippen LogP contribution in [0.15, 0.2) is 65.7 Å². The van der Waals surface area contributed by atoms with Crippen LogP contribution in [0.5, 0.6) is 0 Å². The Kier molecular flexibility index (Phi) is 5.69. The minimum atomic E-state index is -0.167. The first-order chi connectivity index (χ1) is 13.4. The van der Waals surface area contributed by atoms with E-state index in [0.29, 0.717) is 5.56 Å². The van der Waals surface area contributed by atoms with E-state index in [2.05, 4.69) is 15.7 Å². The van der Waals surface area contributed by atoms with Gasteiger partial charge < -0.3 is 5.32 Å². The molecule has 0 spiro atoms. The van der Waals surface area contributed by atoms with Crippen molar-refractivity contribution in [2.75, 3.05) is 10.7 Å². The average Bonchev–Trinajstić information content (AvgIpc) is 2.95. The Bertz CT molecular complexity index is 1020. The highest BCUT2D eigenvalue weighted by molar-refractivity contribution is 6.00. The standard InChI is InChI=1S/C22H22N4O2/c1-15-13-19(14-23-20-9-11-21(12-10-20)24-17(3)27)16(2)26(15)25-22(28)18-7-5-4-6-8-18/h4-14H,1-3H3,(H,24,27)(H,25,28). The molecule has 0 radical (unpaired) electrons. The predicted octanol–water partition coefficient (Wildman–Crippen LogP) is 4.20. The van der Waals surface area contributed by atoms with E-state index in [0.717, 1.165) is 28.3 Å². The first-order valence-electron chi connectivity index (χ1n) is 8.91. The van der Waals surface area contributed by atoms with E-state index in [9.17, 15) is 9.59 Å². The van der Waals surface area contributed by atoms with Gasteiger partial charge in [-0.05, 0) is 56.3 Å². The number of anilines is 1. The smallest absolute Gasteiger partial charge is 0.270 e. The highest BCUT2D eigenvalue weighted by atomic mass is 16.2. The molecule has 0 saturated carbocycles. The molecule has 0 unspecified atom stereocenters. The number of aryl methyl sites for hydroxylation is 1. The summed E-state index contributed by atoms with van der Waals surface area (Å²) in [5.74, 6) is -0.277. The number of carbonyl (C=O) groups excluding carboxylic acids is 2. The van der Waals surface area contributed by atoms with Crippen molar-refractivity contribution in [3.05, 3.63) is 83.2 Å². The molecule has 0 aliphatic rings. The molecule has 0 atom stereocenters. The van der Waals surface area contributed by atoms with Crippen molar-refractivity contribution in [1.29, 1.82) is 0 Å². The van der Waals surface area contributed by atoms with Crippen LogP contribution >= 0.6 is 0 Å². The summed E-state index contributed by atoms with van der Waals surface area (Å²) in [7, 11) is 0. The normalized spacial score (nSPS) is 10.8. The lowest BCUT2D eigenvalue weighted by molar-refractivity contribution is -0.114. The van der Waals surface area contributed by atoms with Crippen molar-refractivity contribution in [2.24, 2.45) is 4.99 Å². The molecule has 2 aromatic carbocycles. The van der Waals surface area contributed by atoms with Crippen LogP contribution < -0.4 is 10.7 Å². The summed E-state index contributed by atoms with van der Waals surface area (Å²) < 4.78 is 1.76. The highest BCUT2D eigenvalue weighted by Crippen LogP contribution is 2.18. The number of benzene rings is 2. The van der Waals surface area contributed by atoms with Gasteiger partial charge in [0, 0.05) is 41.3 Å². The molecule has 3 aromatic rings. The zero-order valence-corrected chi connectivity index (χ0v) is 16.1. The van der Waals surface area contributed by atoms with Crippen molar-refractivity contribution in [1.82, 2.24) is 4.68 Å². The van der Waals surface area contributed by atoms with E-state index < -0.39 is 0 Å². The molecule has 6 heteroatoms. The SMILES string of the molecule is CC(=O)Nc1ccc(N=Cc2cc(C)n(NC(=O)c3ccccc3)c2C)cc1. The largest absolute Gasteiger partial charge is 0.326 e. The maximum absolute atomic E-state index is 12.4. The predicted molar refractivity (Wildman–Crippen MR) is 112 cm³/mol. The van der Waals surface area contributed by atoms with Crippen LogP contribution in [0.4, 0.5) is 11.4 Å². The zero-order valence-electron chi connectivity index (χ0n) is 16.1. The van der Waals surface area contributed by atoms with E-state index in [4.69, 9.17) is 0 Å². The summed E-state index contributed by atoms with van der Waals surface area (Å²) in [5, 5.41) is 2.72. The molecule has 2 N–H and O–H groups in total. The molecule has 3 rings (SSSR count). The molecule has 0 saturated heterocycles. The average molecular weight is 374 g/mol. The number of aromatic nitrogens is 1. The van der Waals surface area contributed by atoms with Crippen LogP contribution in [-0.2, 0) is 4.79 Å². The molecule has 1 heterocycles. The van der Waals surface area contributed by atoms with Gasteiger partial charge in [0.15, 0.2) is 0 Å². The summed E-state index contributed by atoms with van der Waals surface area (Å²) in [5.41, 5.74) is 7.73. The van der Waals surface area contributed by atoms with Crippen molar-refractivity contribution in [2.45, 2.75) is 20.8 Å². The number of nitrogens with one attached hydrogen (secondary N) is 2. The van der Waals surface area contributed by atoms with Gasteiger partial charge in [-0.1, -0.05) is 18.2 Å². The van der Waals surface area contributed by atoms with E-state index in [1.54, 1.807) is 35.2 Å². The highest BCUT2D eigenvalue weighted by Gasteiger charge is 2.11. The molecule has 142 valence electrons. The summed E-state index contributed by atoms with van der Waals surface area (Å²) in [6, 6.07) is 18.3. The van der Waals surface area contributed by atoms with Crippen LogP contribution in [0.1, 0.15) is 34.2 Å². The molecule has 2 amide bonds. The van der Waals surface area contributed by atoms with E-state index in [-0.39, 0.29) is 11.8 Å². The molecule has 1 aromatic heterocycles. The number of amides is 2. The Morgan fingerprint density at radius 2 is 1.68 bits per heavy atom. The van der Waals surface area contributed by atoms with Gasteiger partial charge in [0.2, 0.25) is 5.91 Å². The molecule has 6 nitrogen and oxygen atoms in total. The number of hydrogen-bond donors (Lipinski definition) is 2. The lowest BCUT2D eigenvalue weighted by atomic mass is 10.2. The van der Waals surface area contributed by atoms with Crippen LogP contribution in [0.25, 0.3) is 0 Å². The Morgan fingerprint density at radius 1 is 1.00 bits per heavy atom. The van der Waals surface area contributed by atoms with Crippen LogP contribution in [0, 0.1) is 13.8 Å². The molecular formula is C22H22N4O2. The van der Waals surface area contributed by atoms with Crippen molar-refractivity contribution in [3.8, 4) is 0 Å². The third-order valence-electron chi connectivity index (χ3n) is 4.26. The topological polar surface area (TPSA) is 75.5 Å². The molecular weight excluding hydrogens is 352 g/mol. The van der Waals surface area contributed by atoms with Gasteiger partial charge >= 0.3 is 0 Å². The van der Waals surface area contributed by atoms with Crippen LogP contribution in [0.3, 0.4) is 0 Å². The van der Waals surface area contributed by atoms with Gasteiger partial charge in [0.25, 0.3) is 5.91 Å². The fourth-order valence-electron chi connectivity index (χ4n) is 2.82. The number of hydrogen-bond acceptors (Lipinski definition) is 3. The quantitative estimate of drug-likeness (QED) is 0.657. The summed E-state index contributed by atoms with van der Waals surface area (Å²) in [6.45, 7) is 5.33. The first kappa shape index (κ1) is 19.1. The second-order valence-corrected chi connectivity index (χ2v) is 6.46. The van der Waals surface area contributed by atoms with Crippen molar-refractivity contribution < 1.29 is 9.59 Å². The fraction of sp³-hybridized carbons (Fsp3) is 0.136.